The molecule has 2 heterocycles. The molecule has 23 heavy (non-hydrogen) atoms. The van der Waals surface area contributed by atoms with Gasteiger partial charge in [-0.15, -0.1) is 10.2 Å². The van der Waals surface area contributed by atoms with Gasteiger partial charge in [0.2, 0.25) is 11.8 Å². The van der Waals surface area contributed by atoms with Crippen molar-refractivity contribution in [3.8, 4) is 0 Å². The van der Waals surface area contributed by atoms with Crippen molar-refractivity contribution < 1.29 is 9.21 Å². The molecule has 6 nitrogen and oxygen atoms in total. The average molecular weight is 330 g/mol. The van der Waals surface area contributed by atoms with Crippen LogP contribution >= 0.6 is 11.8 Å². The second-order valence-corrected chi connectivity index (χ2v) is 6.07. The van der Waals surface area contributed by atoms with Crippen molar-refractivity contribution in [2.24, 2.45) is 0 Å². The Labute approximate surface area is 138 Å². The summed E-state index contributed by atoms with van der Waals surface area (Å²) in [5.41, 5.74) is 1.22. The summed E-state index contributed by atoms with van der Waals surface area (Å²) in [7, 11) is 0. The second-order valence-electron chi connectivity index (χ2n) is 5.15. The molecule has 1 N–H and O–H groups in total. The summed E-state index contributed by atoms with van der Waals surface area (Å²) in [6.07, 6.45) is 2.97. The van der Waals surface area contributed by atoms with Gasteiger partial charge >= 0.3 is 0 Å². The molecule has 2 aromatic heterocycles. The van der Waals surface area contributed by atoms with Gasteiger partial charge in [0.05, 0.1) is 5.75 Å². The maximum absolute atomic E-state index is 11.8. The Morgan fingerprint density at radius 1 is 1.30 bits per heavy atom. The van der Waals surface area contributed by atoms with E-state index in [1.807, 2.05) is 12.1 Å². The first-order valence-corrected chi connectivity index (χ1v) is 8.44. The standard InChI is InChI=1S/C16H18N4O2S/c1-12-18-19-16(22-12)23-11-15(21)17-8-4-9-20-10-7-13-5-2-3-6-14(13)20/h2-3,5-7,10H,4,8-9,11H2,1H3,(H,17,21). The van der Waals surface area contributed by atoms with Gasteiger partial charge in [0.1, 0.15) is 0 Å². The van der Waals surface area contributed by atoms with E-state index in [4.69, 9.17) is 4.42 Å². The summed E-state index contributed by atoms with van der Waals surface area (Å²) in [5, 5.41) is 12.1. The molecular weight excluding hydrogens is 312 g/mol. The molecule has 1 aromatic carbocycles. The van der Waals surface area contributed by atoms with Crippen molar-refractivity contribution in [1.29, 1.82) is 0 Å². The quantitative estimate of drug-likeness (QED) is 0.532. The lowest BCUT2D eigenvalue weighted by Gasteiger charge is -2.07. The van der Waals surface area contributed by atoms with Gasteiger partial charge in [0.25, 0.3) is 5.22 Å². The molecule has 0 aliphatic heterocycles. The van der Waals surface area contributed by atoms with Crippen molar-refractivity contribution in [3.63, 3.8) is 0 Å². The van der Waals surface area contributed by atoms with Crippen LogP contribution in [-0.2, 0) is 11.3 Å². The zero-order valence-electron chi connectivity index (χ0n) is 12.9. The van der Waals surface area contributed by atoms with Crippen molar-refractivity contribution >= 4 is 28.6 Å². The number of hydrogen-bond acceptors (Lipinski definition) is 5. The molecule has 0 aliphatic rings. The Morgan fingerprint density at radius 3 is 3.00 bits per heavy atom. The van der Waals surface area contributed by atoms with E-state index in [1.165, 1.54) is 22.7 Å². The number of nitrogens with zero attached hydrogens (tertiary/aromatic N) is 3. The lowest BCUT2D eigenvalue weighted by molar-refractivity contribution is -0.118. The molecular formula is C16H18N4O2S. The fourth-order valence-corrected chi connectivity index (χ4v) is 2.96. The first kappa shape index (κ1) is 15.6. The van der Waals surface area contributed by atoms with Crippen LogP contribution in [-0.4, -0.2) is 33.0 Å². The van der Waals surface area contributed by atoms with Gasteiger partial charge in [-0.3, -0.25) is 4.79 Å². The summed E-state index contributed by atoms with van der Waals surface area (Å²) < 4.78 is 7.41. The molecule has 0 bridgehead atoms. The largest absolute Gasteiger partial charge is 0.416 e. The molecule has 0 saturated heterocycles. The van der Waals surface area contributed by atoms with Gasteiger partial charge in [-0.2, -0.15) is 0 Å². The lowest BCUT2D eigenvalue weighted by atomic mass is 10.2. The van der Waals surface area contributed by atoms with Crippen molar-refractivity contribution in [2.45, 2.75) is 25.1 Å². The van der Waals surface area contributed by atoms with E-state index in [0.717, 1.165) is 13.0 Å². The summed E-state index contributed by atoms with van der Waals surface area (Å²) in [6.45, 7) is 3.25. The van der Waals surface area contributed by atoms with Crippen LogP contribution in [0.2, 0.25) is 0 Å². The topological polar surface area (TPSA) is 73.0 Å². The number of fused-ring (bicyclic) bond motifs is 1. The minimum atomic E-state index is -0.0248. The third-order valence-corrected chi connectivity index (χ3v) is 4.23. The van der Waals surface area contributed by atoms with Crippen LogP contribution in [0.4, 0.5) is 0 Å². The van der Waals surface area contributed by atoms with Crippen LogP contribution in [0, 0.1) is 6.92 Å². The average Bonchev–Trinajstić information content (AvgIpc) is 3.16. The Hall–Kier alpha value is -2.28. The van der Waals surface area contributed by atoms with Crippen LogP contribution in [0.15, 0.2) is 46.2 Å². The first-order chi connectivity index (χ1) is 11.2. The van der Waals surface area contributed by atoms with Crippen LogP contribution in [0.3, 0.4) is 0 Å². The number of thioether (sulfide) groups is 1. The number of para-hydroxylation sites is 1. The molecule has 7 heteroatoms. The summed E-state index contributed by atoms with van der Waals surface area (Å²) in [5.74, 6) is 0.767. The third-order valence-electron chi connectivity index (χ3n) is 3.41. The van der Waals surface area contributed by atoms with Crippen molar-refractivity contribution in [2.75, 3.05) is 12.3 Å². The molecule has 0 fully saturated rings. The molecule has 0 spiro atoms. The molecule has 120 valence electrons. The lowest BCUT2D eigenvalue weighted by Crippen LogP contribution is -2.26. The molecule has 3 aromatic rings. The fraction of sp³-hybridized carbons (Fsp3) is 0.312. The van der Waals surface area contributed by atoms with Crippen LogP contribution in [0.25, 0.3) is 10.9 Å². The Morgan fingerprint density at radius 2 is 2.17 bits per heavy atom. The highest BCUT2D eigenvalue weighted by Crippen LogP contribution is 2.16. The van der Waals surface area contributed by atoms with E-state index in [-0.39, 0.29) is 11.7 Å². The number of aromatic nitrogens is 3. The van der Waals surface area contributed by atoms with Gasteiger partial charge in [-0.05, 0) is 23.9 Å². The fourth-order valence-electron chi connectivity index (χ4n) is 2.33. The van der Waals surface area contributed by atoms with Gasteiger partial charge in [0.15, 0.2) is 0 Å². The Bertz CT molecular complexity index is 796. The molecule has 0 atom stereocenters. The number of carbonyl (C=O) groups excluding carboxylic acids is 1. The predicted molar refractivity (Wildman–Crippen MR) is 89.3 cm³/mol. The molecule has 1 amide bonds. The normalized spacial score (nSPS) is 11.0. The number of carbonyl (C=O) groups is 1. The number of rotatable bonds is 7. The van der Waals surface area contributed by atoms with E-state index < -0.39 is 0 Å². The molecule has 0 saturated carbocycles. The van der Waals surface area contributed by atoms with E-state index in [0.29, 0.717) is 17.7 Å². The highest BCUT2D eigenvalue weighted by molar-refractivity contribution is 7.99. The first-order valence-electron chi connectivity index (χ1n) is 7.46. The molecule has 0 unspecified atom stereocenters. The zero-order valence-corrected chi connectivity index (χ0v) is 13.7. The zero-order chi connectivity index (χ0) is 16.1. The van der Waals surface area contributed by atoms with Gasteiger partial charge < -0.3 is 14.3 Å². The monoisotopic (exact) mass is 330 g/mol. The number of aryl methyl sites for hydroxylation is 2. The summed E-state index contributed by atoms with van der Waals surface area (Å²) >= 11 is 1.25. The smallest absolute Gasteiger partial charge is 0.277 e. The maximum atomic E-state index is 11.8. The minimum Gasteiger partial charge on any atom is -0.416 e. The van der Waals surface area contributed by atoms with Crippen LogP contribution in [0.5, 0.6) is 0 Å². The number of amides is 1. The van der Waals surface area contributed by atoms with Gasteiger partial charge in [0, 0.05) is 31.7 Å². The summed E-state index contributed by atoms with van der Waals surface area (Å²) in [6, 6.07) is 10.4. The minimum absolute atomic E-state index is 0.0248. The predicted octanol–water partition coefficient (Wildman–Crippen LogP) is 2.63. The van der Waals surface area contributed by atoms with E-state index in [2.05, 4.69) is 44.5 Å². The third kappa shape index (κ3) is 4.13. The van der Waals surface area contributed by atoms with Crippen LogP contribution in [0.1, 0.15) is 12.3 Å². The highest BCUT2D eigenvalue weighted by atomic mass is 32.2. The highest BCUT2D eigenvalue weighted by Gasteiger charge is 2.07. The van der Waals surface area contributed by atoms with E-state index in [9.17, 15) is 4.79 Å². The Balaban J connectivity index is 1.38. The van der Waals surface area contributed by atoms with E-state index in [1.54, 1.807) is 6.92 Å². The number of benzene rings is 1. The van der Waals surface area contributed by atoms with Crippen molar-refractivity contribution in [1.82, 2.24) is 20.1 Å². The SMILES string of the molecule is Cc1nnc(SCC(=O)NCCCn2ccc3ccccc32)o1. The van der Waals surface area contributed by atoms with Crippen LogP contribution < -0.4 is 5.32 Å². The summed E-state index contributed by atoms with van der Waals surface area (Å²) in [4.78, 5) is 11.8. The molecule has 0 aliphatic carbocycles. The second kappa shape index (κ2) is 7.32. The Kier molecular flexibility index (Phi) is 4.97. The maximum Gasteiger partial charge on any atom is 0.277 e. The number of nitrogens with one attached hydrogen (secondary N) is 1. The molecule has 0 radical (unpaired) electrons. The van der Waals surface area contributed by atoms with Gasteiger partial charge in [-0.1, -0.05) is 30.0 Å². The number of hydrogen-bond donors (Lipinski definition) is 1. The van der Waals surface area contributed by atoms with Crippen molar-refractivity contribution in [3.05, 3.63) is 42.4 Å². The van der Waals surface area contributed by atoms with E-state index >= 15 is 0 Å². The van der Waals surface area contributed by atoms with Gasteiger partial charge in [-0.25, -0.2) is 0 Å². The molecule has 3 rings (SSSR count).